The Morgan fingerprint density at radius 3 is 2.62 bits per heavy atom. The Morgan fingerprint density at radius 2 is 1.97 bits per heavy atom. The molecule has 1 saturated heterocycles. The number of aryl methyl sites for hydroxylation is 1. The lowest BCUT2D eigenvalue weighted by Gasteiger charge is -2.17. The van der Waals surface area contributed by atoms with Gasteiger partial charge in [0.1, 0.15) is 0 Å². The second-order valence-corrected chi connectivity index (χ2v) is 7.97. The number of carbonyl (C=O) groups excluding carboxylic acids is 3. The molecule has 0 bridgehead atoms. The molecule has 0 aliphatic carbocycles. The van der Waals surface area contributed by atoms with Crippen LogP contribution in [0.2, 0.25) is 5.02 Å². The number of anilines is 2. The van der Waals surface area contributed by atoms with E-state index >= 15 is 0 Å². The van der Waals surface area contributed by atoms with Crippen LogP contribution in [0.15, 0.2) is 46.9 Å². The van der Waals surface area contributed by atoms with Crippen LogP contribution in [0, 0.1) is 5.92 Å². The normalized spacial score (nSPS) is 16.0. The monoisotopic (exact) mass is 478 g/mol. The molecular formula is C21H20BrClN2O4. The molecule has 2 amide bonds. The number of hydrogen-bond acceptors (Lipinski definition) is 4. The van der Waals surface area contributed by atoms with Crippen LogP contribution in [0.5, 0.6) is 0 Å². The summed E-state index contributed by atoms with van der Waals surface area (Å²) in [6, 6.07) is 12.6. The van der Waals surface area contributed by atoms with Gasteiger partial charge < -0.3 is 15.0 Å². The van der Waals surface area contributed by atoms with E-state index < -0.39 is 24.4 Å². The summed E-state index contributed by atoms with van der Waals surface area (Å²) in [6.07, 6.45) is 0.982. The standard InChI is InChI=1S/C21H20BrClN2O4/c1-2-13-3-6-16(7-4-13)25-11-14(9-20(25)27)21(28)29-12-19(26)24-15-5-8-17(22)18(23)10-15/h3-8,10,14H,2,9,11-12H2,1H3,(H,24,26)/t14-/m1/s1. The molecule has 0 radical (unpaired) electrons. The van der Waals surface area contributed by atoms with E-state index in [4.69, 9.17) is 16.3 Å². The fourth-order valence-corrected chi connectivity index (χ4v) is 3.48. The molecule has 3 rings (SSSR count). The minimum absolute atomic E-state index is 0.0678. The van der Waals surface area contributed by atoms with Crippen molar-refractivity contribution in [2.75, 3.05) is 23.4 Å². The molecule has 1 aliphatic rings. The van der Waals surface area contributed by atoms with Crippen LogP contribution in [0.4, 0.5) is 11.4 Å². The van der Waals surface area contributed by atoms with E-state index in [1.807, 2.05) is 24.3 Å². The minimum Gasteiger partial charge on any atom is -0.455 e. The van der Waals surface area contributed by atoms with E-state index in [9.17, 15) is 14.4 Å². The molecule has 152 valence electrons. The summed E-state index contributed by atoms with van der Waals surface area (Å²) in [5, 5.41) is 3.07. The number of ether oxygens (including phenoxy) is 1. The van der Waals surface area contributed by atoms with Crippen LogP contribution in [0.1, 0.15) is 18.9 Å². The van der Waals surface area contributed by atoms with Crippen molar-refractivity contribution in [3.8, 4) is 0 Å². The molecule has 6 nitrogen and oxygen atoms in total. The van der Waals surface area contributed by atoms with Gasteiger partial charge in [-0.3, -0.25) is 14.4 Å². The van der Waals surface area contributed by atoms with Gasteiger partial charge in [-0.05, 0) is 58.2 Å². The second-order valence-electron chi connectivity index (χ2n) is 6.71. The van der Waals surface area contributed by atoms with E-state index in [0.29, 0.717) is 15.2 Å². The van der Waals surface area contributed by atoms with Gasteiger partial charge in [0, 0.05) is 28.8 Å². The third-order valence-electron chi connectivity index (χ3n) is 4.66. The SMILES string of the molecule is CCc1ccc(N2C[C@H](C(=O)OCC(=O)Nc3ccc(Br)c(Cl)c3)CC2=O)cc1. The average molecular weight is 480 g/mol. The Balaban J connectivity index is 1.52. The van der Waals surface area contributed by atoms with Crippen LogP contribution in [0.3, 0.4) is 0 Å². The number of carbonyl (C=O) groups is 3. The first kappa shape index (κ1) is 21.3. The first-order valence-corrected chi connectivity index (χ1v) is 10.3. The summed E-state index contributed by atoms with van der Waals surface area (Å²) < 4.78 is 5.82. The first-order chi connectivity index (χ1) is 13.9. The van der Waals surface area contributed by atoms with Gasteiger partial charge in [0.05, 0.1) is 10.9 Å². The predicted octanol–water partition coefficient (Wildman–Crippen LogP) is 4.20. The van der Waals surface area contributed by atoms with Gasteiger partial charge in [-0.2, -0.15) is 0 Å². The van der Waals surface area contributed by atoms with E-state index in [1.54, 1.807) is 23.1 Å². The second kappa shape index (κ2) is 9.41. The van der Waals surface area contributed by atoms with Crippen molar-refractivity contribution in [1.82, 2.24) is 0 Å². The molecule has 2 aromatic carbocycles. The van der Waals surface area contributed by atoms with Crippen LogP contribution < -0.4 is 10.2 Å². The number of benzene rings is 2. The number of rotatable bonds is 6. The van der Waals surface area contributed by atoms with Crippen molar-refractivity contribution < 1.29 is 19.1 Å². The Hall–Kier alpha value is -2.38. The zero-order valence-corrected chi connectivity index (χ0v) is 18.1. The van der Waals surface area contributed by atoms with E-state index in [1.165, 1.54) is 5.56 Å². The molecule has 0 unspecified atom stereocenters. The van der Waals surface area contributed by atoms with Crippen molar-refractivity contribution in [2.45, 2.75) is 19.8 Å². The van der Waals surface area contributed by atoms with E-state index in [-0.39, 0.29) is 18.9 Å². The largest absolute Gasteiger partial charge is 0.455 e. The third-order valence-corrected chi connectivity index (χ3v) is 5.90. The van der Waals surface area contributed by atoms with Gasteiger partial charge in [0.2, 0.25) is 5.91 Å². The summed E-state index contributed by atoms with van der Waals surface area (Å²) in [4.78, 5) is 38.2. The zero-order chi connectivity index (χ0) is 21.0. The first-order valence-electron chi connectivity index (χ1n) is 9.18. The van der Waals surface area contributed by atoms with Gasteiger partial charge in [0.15, 0.2) is 6.61 Å². The maximum Gasteiger partial charge on any atom is 0.311 e. The molecular weight excluding hydrogens is 460 g/mol. The summed E-state index contributed by atoms with van der Waals surface area (Å²) in [6.45, 7) is 1.87. The molecule has 0 aromatic heterocycles. The molecule has 29 heavy (non-hydrogen) atoms. The van der Waals surface area contributed by atoms with Crippen LogP contribution >= 0.6 is 27.5 Å². The molecule has 1 atom stereocenters. The minimum atomic E-state index is -0.594. The Morgan fingerprint density at radius 1 is 1.24 bits per heavy atom. The van der Waals surface area contributed by atoms with Crippen molar-refractivity contribution in [2.24, 2.45) is 5.92 Å². The number of halogens is 2. The molecule has 1 heterocycles. The van der Waals surface area contributed by atoms with Gasteiger partial charge >= 0.3 is 5.97 Å². The fourth-order valence-electron chi connectivity index (χ4n) is 3.05. The lowest BCUT2D eigenvalue weighted by atomic mass is 10.1. The lowest BCUT2D eigenvalue weighted by Crippen LogP contribution is -2.28. The Labute approximate surface area is 182 Å². The van der Waals surface area contributed by atoms with Crippen LogP contribution in [-0.2, 0) is 25.5 Å². The van der Waals surface area contributed by atoms with Crippen LogP contribution in [-0.4, -0.2) is 30.9 Å². The van der Waals surface area contributed by atoms with E-state index in [2.05, 4.69) is 28.2 Å². The zero-order valence-electron chi connectivity index (χ0n) is 15.8. The van der Waals surface area contributed by atoms with Gasteiger partial charge in [-0.15, -0.1) is 0 Å². The molecule has 2 aromatic rings. The Bertz CT molecular complexity index is 933. The summed E-state index contributed by atoms with van der Waals surface area (Å²) in [5.41, 5.74) is 2.43. The number of nitrogens with zero attached hydrogens (tertiary/aromatic N) is 1. The quantitative estimate of drug-likeness (QED) is 0.630. The van der Waals surface area contributed by atoms with E-state index in [0.717, 1.165) is 12.1 Å². The summed E-state index contributed by atoms with van der Waals surface area (Å²) in [7, 11) is 0. The van der Waals surface area contributed by atoms with Crippen molar-refractivity contribution in [1.29, 1.82) is 0 Å². The van der Waals surface area contributed by atoms with Crippen molar-refractivity contribution in [3.05, 3.63) is 57.5 Å². The highest BCUT2D eigenvalue weighted by molar-refractivity contribution is 9.10. The fraction of sp³-hybridized carbons (Fsp3) is 0.286. The highest BCUT2D eigenvalue weighted by Crippen LogP contribution is 2.27. The number of nitrogens with one attached hydrogen (secondary N) is 1. The highest BCUT2D eigenvalue weighted by Gasteiger charge is 2.36. The smallest absolute Gasteiger partial charge is 0.311 e. The molecule has 1 fully saturated rings. The van der Waals surface area contributed by atoms with Gasteiger partial charge in [0.25, 0.3) is 5.91 Å². The predicted molar refractivity (Wildman–Crippen MR) is 115 cm³/mol. The van der Waals surface area contributed by atoms with Crippen molar-refractivity contribution >= 4 is 56.7 Å². The number of esters is 1. The molecule has 1 N–H and O–H groups in total. The number of hydrogen-bond donors (Lipinski definition) is 1. The summed E-state index contributed by atoms with van der Waals surface area (Å²) >= 11 is 9.26. The number of amides is 2. The highest BCUT2D eigenvalue weighted by atomic mass is 79.9. The molecule has 0 saturated carbocycles. The molecule has 0 spiro atoms. The molecule has 8 heteroatoms. The maximum absolute atomic E-state index is 12.3. The third kappa shape index (κ3) is 5.36. The topological polar surface area (TPSA) is 75.7 Å². The maximum atomic E-state index is 12.3. The van der Waals surface area contributed by atoms with Gasteiger partial charge in [-0.1, -0.05) is 30.7 Å². The van der Waals surface area contributed by atoms with Gasteiger partial charge in [-0.25, -0.2) is 0 Å². The van der Waals surface area contributed by atoms with Crippen LogP contribution in [0.25, 0.3) is 0 Å². The molecule has 1 aliphatic heterocycles. The summed E-state index contributed by atoms with van der Waals surface area (Å²) in [5.74, 6) is -1.77. The lowest BCUT2D eigenvalue weighted by molar-refractivity contribution is -0.151. The van der Waals surface area contributed by atoms with Crippen molar-refractivity contribution in [3.63, 3.8) is 0 Å². The Kier molecular flexibility index (Phi) is 6.92. The average Bonchev–Trinajstić information content (AvgIpc) is 3.11.